The van der Waals surface area contributed by atoms with Gasteiger partial charge in [0, 0.05) is 5.69 Å². The highest BCUT2D eigenvalue weighted by Crippen LogP contribution is 2.18. The summed E-state index contributed by atoms with van der Waals surface area (Å²) in [6, 6.07) is 7.14. The van der Waals surface area contributed by atoms with Crippen LogP contribution in [0.4, 0.5) is 18.9 Å². The van der Waals surface area contributed by atoms with Gasteiger partial charge >= 0.3 is 0 Å². The van der Waals surface area contributed by atoms with E-state index in [-0.39, 0.29) is 5.69 Å². The van der Waals surface area contributed by atoms with Crippen molar-refractivity contribution in [2.24, 2.45) is 0 Å². The second kappa shape index (κ2) is 5.14. The van der Waals surface area contributed by atoms with Crippen LogP contribution in [0.25, 0.3) is 0 Å². The second-order valence-electron chi connectivity index (χ2n) is 4.01. The van der Waals surface area contributed by atoms with E-state index in [2.05, 4.69) is 5.32 Å². The molecule has 0 heterocycles. The van der Waals surface area contributed by atoms with Crippen LogP contribution >= 0.6 is 0 Å². The van der Waals surface area contributed by atoms with E-state index in [1.807, 2.05) is 0 Å². The van der Waals surface area contributed by atoms with Crippen molar-refractivity contribution in [2.45, 2.75) is 6.92 Å². The third-order valence-corrected chi connectivity index (χ3v) is 2.64. The number of benzene rings is 2. The lowest BCUT2D eigenvalue weighted by Crippen LogP contribution is -2.15. The third-order valence-electron chi connectivity index (χ3n) is 2.64. The van der Waals surface area contributed by atoms with Crippen molar-refractivity contribution < 1.29 is 18.0 Å². The minimum atomic E-state index is -1.23. The quantitative estimate of drug-likeness (QED) is 0.882. The van der Waals surface area contributed by atoms with Crippen LogP contribution in [0, 0.1) is 24.4 Å². The predicted octanol–water partition coefficient (Wildman–Crippen LogP) is 3.66. The van der Waals surface area contributed by atoms with Crippen LogP contribution in [0.5, 0.6) is 0 Å². The van der Waals surface area contributed by atoms with Crippen molar-refractivity contribution >= 4 is 11.6 Å². The number of nitrogens with one attached hydrogen (secondary N) is 1. The molecule has 0 radical (unpaired) electrons. The topological polar surface area (TPSA) is 29.1 Å². The summed E-state index contributed by atoms with van der Waals surface area (Å²) >= 11 is 0. The molecule has 5 heteroatoms. The minimum Gasteiger partial charge on any atom is -0.322 e. The standard InChI is InChI=1S/C14H10F3NO/c1-8-5-6-9(15)7-12(8)18-14(19)10-3-2-4-11(16)13(10)17/h2-7H,1H3,(H,18,19). The Balaban J connectivity index is 2.31. The molecule has 1 N–H and O–H groups in total. The van der Waals surface area contributed by atoms with E-state index in [0.29, 0.717) is 5.56 Å². The van der Waals surface area contributed by atoms with E-state index in [1.165, 1.54) is 18.2 Å². The fourth-order valence-corrected chi connectivity index (χ4v) is 1.60. The summed E-state index contributed by atoms with van der Waals surface area (Å²) in [5, 5.41) is 2.35. The molecule has 2 aromatic rings. The van der Waals surface area contributed by atoms with Gasteiger partial charge < -0.3 is 5.32 Å². The first-order valence-electron chi connectivity index (χ1n) is 5.50. The van der Waals surface area contributed by atoms with Gasteiger partial charge in [-0.15, -0.1) is 0 Å². The van der Waals surface area contributed by atoms with Gasteiger partial charge in [0.15, 0.2) is 11.6 Å². The summed E-state index contributed by atoms with van der Waals surface area (Å²) in [5.41, 5.74) is 0.406. The third kappa shape index (κ3) is 2.76. The van der Waals surface area contributed by atoms with Gasteiger partial charge in [0.1, 0.15) is 5.82 Å². The molecule has 0 bridgehead atoms. The average molecular weight is 265 g/mol. The lowest BCUT2D eigenvalue weighted by atomic mass is 10.1. The van der Waals surface area contributed by atoms with Crippen molar-refractivity contribution in [3.8, 4) is 0 Å². The van der Waals surface area contributed by atoms with Crippen LogP contribution < -0.4 is 5.32 Å². The summed E-state index contributed by atoms with van der Waals surface area (Å²) in [6.07, 6.45) is 0. The molecule has 0 fully saturated rings. The molecule has 19 heavy (non-hydrogen) atoms. The molecule has 0 spiro atoms. The fraction of sp³-hybridized carbons (Fsp3) is 0.0714. The van der Waals surface area contributed by atoms with Gasteiger partial charge in [0.25, 0.3) is 5.91 Å². The number of anilines is 1. The molecule has 0 saturated heterocycles. The summed E-state index contributed by atoms with van der Waals surface area (Å²) in [7, 11) is 0. The van der Waals surface area contributed by atoms with E-state index in [1.54, 1.807) is 6.92 Å². The van der Waals surface area contributed by atoms with Crippen LogP contribution in [0.15, 0.2) is 36.4 Å². The first-order valence-corrected chi connectivity index (χ1v) is 5.50. The zero-order chi connectivity index (χ0) is 14.0. The lowest BCUT2D eigenvalue weighted by molar-refractivity contribution is 0.102. The first kappa shape index (κ1) is 13.1. The predicted molar refractivity (Wildman–Crippen MR) is 65.4 cm³/mol. The fourth-order valence-electron chi connectivity index (χ4n) is 1.60. The zero-order valence-electron chi connectivity index (χ0n) is 10.0. The number of rotatable bonds is 2. The van der Waals surface area contributed by atoms with Crippen molar-refractivity contribution in [1.82, 2.24) is 0 Å². The maximum Gasteiger partial charge on any atom is 0.258 e. The van der Waals surface area contributed by atoms with Crippen molar-refractivity contribution in [1.29, 1.82) is 0 Å². The maximum atomic E-state index is 13.4. The summed E-state index contributed by atoms with van der Waals surface area (Å²) < 4.78 is 39.5. The summed E-state index contributed by atoms with van der Waals surface area (Å²) in [5.74, 6) is -3.69. The maximum absolute atomic E-state index is 13.4. The van der Waals surface area contributed by atoms with Crippen LogP contribution in [-0.4, -0.2) is 5.91 Å². The Bertz CT molecular complexity index is 641. The molecule has 1 amide bonds. The van der Waals surface area contributed by atoms with E-state index in [0.717, 1.165) is 18.2 Å². The molecule has 0 saturated carbocycles. The Kier molecular flexibility index (Phi) is 3.55. The number of hydrogen-bond donors (Lipinski definition) is 1. The Morgan fingerprint density at radius 3 is 2.58 bits per heavy atom. The molecule has 0 atom stereocenters. The number of amides is 1. The number of carbonyl (C=O) groups excluding carboxylic acids is 1. The van der Waals surface area contributed by atoms with Gasteiger partial charge in [-0.05, 0) is 36.8 Å². The van der Waals surface area contributed by atoms with E-state index >= 15 is 0 Å². The van der Waals surface area contributed by atoms with Crippen LogP contribution in [0.3, 0.4) is 0 Å². The van der Waals surface area contributed by atoms with Crippen LogP contribution in [0.2, 0.25) is 0 Å². The van der Waals surface area contributed by atoms with Gasteiger partial charge in [0.2, 0.25) is 0 Å². The molecule has 2 rings (SSSR count). The number of hydrogen-bond acceptors (Lipinski definition) is 1. The molecular weight excluding hydrogens is 255 g/mol. The first-order chi connectivity index (χ1) is 8.99. The average Bonchev–Trinajstić information content (AvgIpc) is 2.37. The van der Waals surface area contributed by atoms with Crippen molar-refractivity contribution in [3.63, 3.8) is 0 Å². The molecule has 0 aliphatic heterocycles. The van der Waals surface area contributed by atoms with Crippen molar-refractivity contribution in [3.05, 3.63) is 65.0 Å². The van der Waals surface area contributed by atoms with E-state index in [9.17, 15) is 18.0 Å². The summed E-state index contributed by atoms with van der Waals surface area (Å²) in [6.45, 7) is 1.66. The Labute approximate surface area is 107 Å². The van der Waals surface area contributed by atoms with E-state index < -0.39 is 28.9 Å². The Morgan fingerprint density at radius 2 is 1.84 bits per heavy atom. The molecule has 2 nitrogen and oxygen atoms in total. The van der Waals surface area contributed by atoms with Gasteiger partial charge in [-0.1, -0.05) is 12.1 Å². The Hall–Kier alpha value is -2.30. The molecule has 0 aliphatic carbocycles. The zero-order valence-corrected chi connectivity index (χ0v) is 10.0. The Morgan fingerprint density at radius 1 is 1.11 bits per heavy atom. The normalized spacial score (nSPS) is 10.3. The highest BCUT2D eigenvalue weighted by Gasteiger charge is 2.15. The van der Waals surface area contributed by atoms with Gasteiger partial charge in [0.05, 0.1) is 5.56 Å². The van der Waals surface area contributed by atoms with Gasteiger partial charge in [-0.3, -0.25) is 4.79 Å². The monoisotopic (exact) mass is 265 g/mol. The van der Waals surface area contributed by atoms with Gasteiger partial charge in [-0.2, -0.15) is 0 Å². The van der Waals surface area contributed by atoms with Crippen molar-refractivity contribution in [2.75, 3.05) is 5.32 Å². The summed E-state index contributed by atoms with van der Waals surface area (Å²) in [4.78, 5) is 11.8. The number of carbonyl (C=O) groups is 1. The lowest BCUT2D eigenvalue weighted by Gasteiger charge is -2.09. The molecular formula is C14H10F3NO. The largest absolute Gasteiger partial charge is 0.322 e. The smallest absolute Gasteiger partial charge is 0.258 e. The second-order valence-corrected chi connectivity index (χ2v) is 4.01. The molecule has 0 aromatic heterocycles. The number of aryl methyl sites for hydroxylation is 1. The molecule has 0 unspecified atom stereocenters. The SMILES string of the molecule is Cc1ccc(F)cc1NC(=O)c1cccc(F)c1F. The van der Waals surface area contributed by atoms with E-state index in [4.69, 9.17) is 0 Å². The minimum absolute atomic E-state index is 0.216. The van der Waals surface area contributed by atoms with Gasteiger partial charge in [-0.25, -0.2) is 13.2 Å². The number of halogens is 3. The van der Waals surface area contributed by atoms with Crippen LogP contribution in [0.1, 0.15) is 15.9 Å². The van der Waals surface area contributed by atoms with Crippen LogP contribution in [-0.2, 0) is 0 Å². The highest BCUT2D eigenvalue weighted by molar-refractivity contribution is 6.04. The molecule has 0 aliphatic rings. The highest BCUT2D eigenvalue weighted by atomic mass is 19.2. The molecule has 2 aromatic carbocycles. The molecule has 98 valence electrons.